The lowest BCUT2D eigenvalue weighted by Gasteiger charge is -2.32. The van der Waals surface area contributed by atoms with Gasteiger partial charge in [0.2, 0.25) is 0 Å². The zero-order valence-electron chi connectivity index (χ0n) is 12.1. The van der Waals surface area contributed by atoms with E-state index in [9.17, 15) is 0 Å². The average molecular weight is 297 g/mol. The van der Waals surface area contributed by atoms with Crippen LogP contribution in [0.25, 0.3) is 0 Å². The third-order valence-electron chi connectivity index (χ3n) is 4.27. The smallest absolute Gasteiger partial charge is 0.171 e. The van der Waals surface area contributed by atoms with Gasteiger partial charge in [-0.3, -0.25) is 4.90 Å². The third-order valence-corrected chi connectivity index (χ3v) is 4.53. The van der Waals surface area contributed by atoms with Crippen molar-refractivity contribution in [1.82, 2.24) is 14.9 Å². The van der Waals surface area contributed by atoms with Crippen LogP contribution in [0.4, 0.5) is 5.82 Å². The van der Waals surface area contributed by atoms with Crippen LogP contribution in [0.1, 0.15) is 17.8 Å². The molecular formula is C14H21ClN4O. The third kappa shape index (κ3) is 2.75. The molecule has 20 heavy (non-hydrogen) atoms. The largest absolute Gasteiger partial charge is 0.379 e. The van der Waals surface area contributed by atoms with Crippen LogP contribution in [0, 0.1) is 13.8 Å². The lowest BCUT2D eigenvalue weighted by Crippen LogP contribution is -2.44. The molecule has 0 N–H and O–H groups in total. The van der Waals surface area contributed by atoms with Gasteiger partial charge in [0.05, 0.1) is 24.6 Å². The Balaban J connectivity index is 1.72. The van der Waals surface area contributed by atoms with Crippen molar-refractivity contribution in [3.63, 3.8) is 0 Å². The lowest BCUT2D eigenvalue weighted by atomic mass is 10.2. The zero-order valence-corrected chi connectivity index (χ0v) is 12.9. The molecule has 0 aliphatic carbocycles. The normalized spacial score (nSPS) is 24.4. The first-order valence-corrected chi connectivity index (χ1v) is 7.60. The van der Waals surface area contributed by atoms with Crippen molar-refractivity contribution in [2.24, 2.45) is 0 Å². The van der Waals surface area contributed by atoms with Gasteiger partial charge in [0.25, 0.3) is 0 Å². The fourth-order valence-corrected chi connectivity index (χ4v) is 3.23. The maximum absolute atomic E-state index is 6.27. The summed E-state index contributed by atoms with van der Waals surface area (Å²) >= 11 is 6.27. The predicted octanol–water partition coefficient (Wildman–Crippen LogP) is 1.66. The number of anilines is 1. The first kappa shape index (κ1) is 14.0. The Labute approximate surface area is 124 Å². The topological polar surface area (TPSA) is 41.5 Å². The molecule has 1 unspecified atom stereocenters. The molecule has 0 bridgehead atoms. The molecule has 2 fully saturated rings. The quantitative estimate of drug-likeness (QED) is 0.830. The molecule has 1 atom stereocenters. The van der Waals surface area contributed by atoms with Crippen molar-refractivity contribution in [3.8, 4) is 0 Å². The number of hydrogen-bond donors (Lipinski definition) is 0. The molecule has 2 saturated heterocycles. The van der Waals surface area contributed by atoms with E-state index in [1.807, 2.05) is 13.8 Å². The van der Waals surface area contributed by atoms with E-state index in [4.69, 9.17) is 16.3 Å². The Kier molecular flexibility index (Phi) is 4.10. The minimum Gasteiger partial charge on any atom is -0.379 e. The van der Waals surface area contributed by atoms with Crippen LogP contribution in [-0.2, 0) is 4.74 Å². The summed E-state index contributed by atoms with van der Waals surface area (Å²) in [7, 11) is 0. The van der Waals surface area contributed by atoms with Crippen LogP contribution in [0.3, 0.4) is 0 Å². The molecule has 0 radical (unpaired) electrons. The highest BCUT2D eigenvalue weighted by molar-refractivity contribution is 6.31. The monoisotopic (exact) mass is 296 g/mol. The molecule has 5 nitrogen and oxygen atoms in total. The highest BCUT2D eigenvalue weighted by atomic mass is 35.5. The van der Waals surface area contributed by atoms with Gasteiger partial charge in [0.15, 0.2) is 11.0 Å². The molecule has 1 aromatic heterocycles. The summed E-state index contributed by atoms with van der Waals surface area (Å²) in [6.45, 7) is 9.67. The minimum atomic E-state index is 0.524. The van der Waals surface area contributed by atoms with Gasteiger partial charge in [-0.25, -0.2) is 9.97 Å². The van der Waals surface area contributed by atoms with Gasteiger partial charge in [-0.1, -0.05) is 11.6 Å². The van der Waals surface area contributed by atoms with Crippen molar-refractivity contribution in [2.45, 2.75) is 26.3 Å². The van der Waals surface area contributed by atoms with Crippen molar-refractivity contribution in [1.29, 1.82) is 0 Å². The van der Waals surface area contributed by atoms with Gasteiger partial charge < -0.3 is 9.64 Å². The number of halogens is 1. The molecule has 2 aliphatic heterocycles. The maximum Gasteiger partial charge on any atom is 0.171 e. The molecule has 110 valence electrons. The Morgan fingerprint density at radius 3 is 2.55 bits per heavy atom. The molecule has 2 aliphatic rings. The Bertz CT molecular complexity index is 490. The van der Waals surface area contributed by atoms with Crippen LogP contribution in [0.5, 0.6) is 0 Å². The van der Waals surface area contributed by atoms with Gasteiger partial charge in [0, 0.05) is 32.2 Å². The molecule has 6 heteroatoms. The highest BCUT2D eigenvalue weighted by Gasteiger charge is 2.30. The fraction of sp³-hybridized carbons (Fsp3) is 0.714. The predicted molar refractivity (Wildman–Crippen MR) is 79.5 cm³/mol. The van der Waals surface area contributed by atoms with Crippen molar-refractivity contribution in [2.75, 3.05) is 44.3 Å². The summed E-state index contributed by atoms with van der Waals surface area (Å²) in [5, 5.41) is 0.524. The number of rotatable bonds is 2. The molecular weight excluding hydrogens is 276 g/mol. The number of morpholine rings is 1. The molecule has 1 aromatic rings. The van der Waals surface area contributed by atoms with Gasteiger partial charge >= 0.3 is 0 Å². The van der Waals surface area contributed by atoms with E-state index in [2.05, 4.69) is 19.8 Å². The lowest BCUT2D eigenvalue weighted by molar-refractivity contribution is 0.0209. The number of aryl methyl sites for hydroxylation is 2. The van der Waals surface area contributed by atoms with E-state index in [1.165, 1.54) is 0 Å². The van der Waals surface area contributed by atoms with Crippen LogP contribution in [0.2, 0.25) is 5.15 Å². The maximum atomic E-state index is 6.27. The van der Waals surface area contributed by atoms with E-state index in [0.717, 1.165) is 63.0 Å². The molecule has 0 spiro atoms. The van der Waals surface area contributed by atoms with Gasteiger partial charge in [0.1, 0.15) is 0 Å². The summed E-state index contributed by atoms with van der Waals surface area (Å²) in [4.78, 5) is 13.8. The molecule has 0 aromatic carbocycles. The summed E-state index contributed by atoms with van der Waals surface area (Å²) in [6.07, 6.45) is 1.16. The summed E-state index contributed by atoms with van der Waals surface area (Å²) < 4.78 is 5.42. The van der Waals surface area contributed by atoms with Gasteiger partial charge in [-0.2, -0.15) is 0 Å². The average Bonchev–Trinajstić information content (AvgIpc) is 2.93. The number of aromatic nitrogens is 2. The van der Waals surface area contributed by atoms with E-state index < -0.39 is 0 Å². The van der Waals surface area contributed by atoms with Crippen LogP contribution >= 0.6 is 11.6 Å². The van der Waals surface area contributed by atoms with Crippen LogP contribution < -0.4 is 4.90 Å². The second-order valence-electron chi connectivity index (χ2n) is 5.55. The zero-order chi connectivity index (χ0) is 14.1. The summed E-state index contributed by atoms with van der Waals surface area (Å²) in [6, 6.07) is 0.582. The van der Waals surface area contributed by atoms with E-state index >= 15 is 0 Å². The molecule has 3 heterocycles. The standard InChI is InChI=1S/C14H21ClN4O/c1-10-11(2)17-14(13(15)16-10)19-4-3-12(9-19)18-5-7-20-8-6-18/h12H,3-9H2,1-2H3. The van der Waals surface area contributed by atoms with Crippen LogP contribution in [0.15, 0.2) is 0 Å². The van der Waals surface area contributed by atoms with Crippen molar-refractivity contribution < 1.29 is 4.74 Å². The summed E-state index contributed by atoms with van der Waals surface area (Å²) in [5.41, 5.74) is 1.86. The van der Waals surface area contributed by atoms with Gasteiger partial charge in [-0.15, -0.1) is 0 Å². The minimum absolute atomic E-state index is 0.524. The van der Waals surface area contributed by atoms with Crippen LogP contribution in [-0.4, -0.2) is 60.3 Å². The number of hydrogen-bond acceptors (Lipinski definition) is 5. The molecule has 3 rings (SSSR count). The van der Waals surface area contributed by atoms with Crippen molar-refractivity contribution in [3.05, 3.63) is 16.5 Å². The van der Waals surface area contributed by atoms with Crippen molar-refractivity contribution >= 4 is 17.4 Å². The number of ether oxygens (including phenoxy) is 1. The second kappa shape index (κ2) is 5.84. The first-order chi connectivity index (χ1) is 9.65. The highest BCUT2D eigenvalue weighted by Crippen LogP contribution is 2.27. The Morgan fingerprint density at radius 1 is 1.10 bits per heavy atom. The summed E-state index contributed by atoms with van der Waals surface area (Å²) in [5.74, 6) is 0.838. The second-order valence-corrected chi connectivity index (χ2v) is 5.90. The Hall–Kier alpha value is -0.910. The Morgan fingerprint density at radius 2 is 1.80 bits per heavy atom. The van der Waals surface area contributed by atoms with E-state index in [0.29, 0.717) is 11.2 Å². The molecule has 0 amide bonds. The van der Waals surface area contributed by atoms with E-state index in [1.54, 1.807) is 0 Å². The van der Waals surface area contributed by atoms with Gasteiger partial charge in [-0.05, 0) is 20.3 Å². The number of nitrogens with zero attached hydrogens (tertiary/aromatic N) is 4. The fourth-order valence-electron chi connectivity index (χ4n) is 2.94. The first-order valence-electron chi connectivity index (χ1n) is 7.22. The SMILES string of the molecule is Cc1nc(Cl)c(N2CCC(N3CCOCC3)C2)nc1C. The van der Waals surface area contributed by atoms with E-state index in [-0.39, 0.29) is 0 Å². The molecule has 0 saturated carbocycles.